The minimum Gasteiger partial charge on any atom is -0.327 e. The second kappa shape index (κ2) is 10.0. The highest BCUT2D eigenvalue weighted by molar-refractivity contribution is 5.93. The first-order valence-electron chi connectivity index (χ1n) is 10.8. The minimum absolute atomic E-state index is 0.0590. The lowest BCUT2D eigenvalue weighted by Crippen LogP contribution is -3.14. The van der Waals surface area contributed by atoms with Gasteiger partial charge in [0, 0.05) is 23.2 Å². The first kappa shape index (κ1) is 20.8. The highest BCUT2D eigenvalue weighted by Gasteiger charge is 2.23. The summed E-state index contributed by atoms with van der Waals surface area (Å²) in [5.41, 5.74) is 1.56. The normalized spacial score (nSPS) is 27.8. The molecule has 2 aliphatic heterocycles. The van der Waals surface area contributed by atoms with Gasteiger partial charge in [0.2, 0.25) is 0 Å². The van der Waals surface area contributed by atoms with Crippen LogP contribution in [0.4, 0.5) is 11.4 Å². The van der Waals surface area contributed by atoms with E-state index in [0.29, 0.717) is 24.9 Å². The largest absolute Gasteiger partial charge is 0.327 e. The fourth-order valence-corrected chi connectivity index (χ4v) is 4.62. The molecule has 0 radical (unpaired) electrons. The summed E-state index contributed by atoms with van der Waals surface area (Å²) in [5.74, 6) is 1.52. The molecule has 154 valence electrons. The number of carbonyl (C=O) groups excluding carboxylic acids is 2. The second-order valence-electron chi connectivity index (χ2n) is 8.93. The molecule has 0 aliphatic carbocycles. The van der Waals surface area contributed by atoms with Crippen molar-refractivity contribution in [1.82, 2.24) is 0 Å². The first-order chi connectivity index (χ1) is 13.5. The van der Waals surface area contributed by atoms with Crippen molar-refractivity contribution < 1.29 is 19.4 Å². The van der Waals surface area contributed by atoms with E-state index < -0.39 is 0 Å². The molecule has 2 unspecified atom stereocenters. The van der Waals surface area contributed by atoms with Crippen molar-refractivity contribution >= 4 is 23.2 Å². The molecule has 2 saturated heterocycles. The Morgan fingerprint density at radius 2 is 1.21 bits per heavy atom. The SMILES string of the molecule is C[C@@H]1CCC[NH+](CC(=O)Nc2ccc(NC(=O)C[NH+]3CCC[C@H](C)C3)cc2)C1. The average Bonchev–Trinajstić information content (AvgIpc) is 2.63. The number of likely N-dealkylation sites (tertiary alicyclic amines) is 2. The lowest BCUT2D eigenvalue weighted by molar-refractivity contribution is -0.900. The molecule has 0 spiro atoms. The van der Waals surface area contributed by atoms with Crippen LogP contribution < -0.4 is 20.4 Å². The second-order valence-corrected chi connectivity index (χ2v) is 8.93. The van der Waals surface area contributed by atoms with E-state index in [1.54, 1.807) is 0 Å². The molecule has 1 aromatic carbocycles. The number of benzene rings is 1. The molecule has 3 rings (SSSR count). The van der Waals surface area contributed by atoms with E-state index in [1.165, 1.54) is 35.5 Å². The number of rotatable bonds is 6. The maximum Gasteiger partial charge on any atom is 0.279 e. The van der Waals surface area contributed by atoms with Crippen LogP contribution in [0.3, 0.4) is 0 Å². The first-order valence-corrected chi connectivity index (χ1v) is 10.8. The lowest BCUT2D eigenvalue weighted by Gasteiger charge is -2.27. The molecule has 6 nitrogen and oxygen atoms in total. The zero-order chi connectivity index (χ0) is 19.9. The Kier molecular flexibility index (Phi) is 7.45. The van der Waals surface area contributed by atoms with Crippen molar-refractivity contribution in [3.05, 3.63) is 24.3 Å². The van der Waals surface area contributed by atoms with E-state index in [1.807, 2.05) is 24.3 Å². The Morgan fingerprint density at radius 3 is 1.57 bits per heavy atom. The van der Waals surface area contributed by atoms with Crippen LogP contribution in [0, 0.1) is 11.8 Å². The minimum atomic E-state index is 0.0590. The van der Waals surface area contributed by atoms with Gasteiger partial charge in [-0.2, -0.15) is 0 Å². The Labute approximate surface area is 168 Å². The van der Waals surface area contributed by atoms with Gasteiger partial charge >= 0.3 is 0 Å². The van der Waals surface area contributed by atoms with Crippen molar-refractivity contribution in [3.8, 4) is 0 Å². The van der Waals surface area contributed by atoms with Crippen LogP contribution >= 0.6 is 0 Å². The third kappa shape index (κ3) is 6.60. The van der Waals surface area contributed by atoms with Gasteiger partial charge in [0.25, 0.3) is 11.8 Å². The Hall–Kier alpha value is -1.92. The zero-order valence-electron chi connectivity index (χ0n) is 17.4. The predicted molar refractivity (Wildman–Crippen MR) is 112 cm³/mol. The smallest absolute Gasteiger partial charge is 0.279 e. The maximum atomic E-state index is 12.3. The molecule has 4 atom stereocenters. The van der Waals surface area contributed by atoms with Crippen LogP contribution in [0.2, 0.25) is 0 Å². The number of quaternary nitrogens is 2. The van der Waals surface area contributed by atoms with Crippen LogP contribution in [0.1, 0.15) is 39.5 Å². The van der Waals surface area contributed by atoms with Gasteiger partial charge in [-0.15, -0.1) is 0 Å². The molecular formula is C22H36N4O2+2. The molecule has 2 fully saturated rings. The average molecular weight is 389 g/mol. The van der Waals surface area contributed by atoms with E-state index in [-0.39, 0.29) is 11.8 Å². The topological polar surface area (TPSA) is 67.1 Å². The third-order valence-corrected chi connectivity index (χ3v) is 6.00. The van der Waals surface area contributed by atoms with Crippen LogP contribution in [-0.4, -0.2) is 51.1 Å². The molecule has 0 bridgehead atoms. The quantitative estimate of drug-likeness (QED) is 0.562. The van der Waals surface area contributed by atoms with Crippen molar-refractivity contribution in [1.29, 1.82) is 0 Å². The summed E-state index contributed by atoms with van der Waals surface area (Å²) >= 11 is 0. The van der Waals surface area contributed by atoms with E-state index in [0.717, 1.165) is 37.6 Å². The van der Waals surface area contributed by atoms with Gasteiger partial charge in [0.05, 0.1) is 26.2 Å². The monoisotopic (exact) mass is 388 g/mol. The van der Waals surface area contributed by atoms with Gasteiger partial charge in [0.15, 0.2) is 13.1 Å². The number of piperidine rings is 2. The van der Waals surface area contributed by atoms with E-state index >= 15 is 0 Å². The predicted octanol–water partition coefficient (Wildman–Crippen LogP) is 0.193. The lowest BCUT2D eigenvalue weighted by atomic mass is 10.0. The molecule has 6 heteroatoms. The van der Waals surface area contributed by atoms with Crippen LogP contribution in [-0.2, 0) is 9.59 Å². The van der Waals surface area contributed by atoms with Gasteiger partial charge in [-0.3, -0.25) is 9.59 Å². The van der Waals surface area contributed by atoms with Gasteiger partial charge in [-0.05, 0) is 49.9 Å². The summed E-state index contributed by atoms with van der Waals surface area (Å²) < 4.78 is 0. The molecule has 1 aromatic rings. The molecular weight excluding hydrogens is 352 g/mol. The van der Waals surface area contributed by atoms with Crippen LogP contribution in [0.25, 0.3) is 0 Å². The zero-order valence-corrected chi connectivity index (χ0v) is 17.4. The molecule has 2 aliphatic rings. The molecule has 2 heterocycles. The van der Waals surface area contributed by atoms with Gasteiger partial charge in [-0.25, -0.2) is 0 Å². The summed E-state index contributed by atoms with van der Waals surface area (Å²) in [6.45, 7) is 9.90. The number of hydrogen-bond acceptors (Lipinski definition) is 2. The van der Waals surface area contributed by atoms with E-state index in [4.69, 9.17) is 0 Å². The van der Waals surface area contributed by atoms with Crippen molar-refractivity contribution in [2.75, 3.05) is 49.9 Å². The third-order valence-electron chi connectivity index (χ3n) is 6.00. The molecule has 28 heavy (non-hydrogen) atoms. The summed E-state index contributed by atoms with van der Waals surface area (Å²) in [6.07, 6.45) is 4.96. The van der Waals surface area contributed by atoms with Crippen molar-refractivity contribution in [2.24, 2.45) is 11.8 Å². The van der Waals surface area contributed by atoms with Crippen molar-refractivity contribution in [3.63, 3.8) is 0 Å². The molecule has 0 aromatic heterocycles. The van der Waals surface area contributed by atoms with Crippen LogP contribution in [0.15, 0.2) is 24.3 Å². The highest BCUT2D eigenvalue weighted by atomic mass is 16.2. The Balaban J connectivity index is 1.42. The summed E-state index contributed by atoms with van der Waals surface area (Å²) in [4.78, 5) is 27.3. The molecule has 2 amide bonds. The standard InChI is InChI=1S/C22H34N4O2/c1-17-5-3-11-25(13-17)15-21(27)23-19-7-9-20(10-8-19)24-22(28)16-26-12-4-6-18(2)14-26/h7-10,17-18H,3-6,11-16H2,1-2H3,(H,23,27)(H,24,28)/p+2/t17-,18+. The fraction of sp³-hybridized carbons (Fsp3) is 0.636. The van der Waals surface area contributed by atoms with Gasteiger partial charge < -0.3 is 20.4 Å². The maximum absolute atomic E-state index is 12.3. The molecule has 4 N–H and O–H groups in total. The van der Waals surface area contributed by atoms with E-state index in [2.05, 4.69) is 24.5 Å². The van der Waals surface area contributed by atoms with Crippen molar-refractivity contribution in [2.45, 2.75) is 39.5 Å². The number of hydrogen-bond donors (Lipinski definition) is 4. The summed E-state index contributed by atoms with van der Waals surface area (Å²) in [7, 11) is 0. The summed E-state index contributed by atoms with van der Waals surface area (Å²) in [5, 5.41) is 5.96. The number of amides is 2. The Bertz CT molecular complexity index is 604. The fourth-order valence-electron chi connectivity index (χ4n) is 4.62. The van der Waals surface area contributed by atoms with E-state index in [9.17, 15) is 9.59 Å². The number of anilines is 2. The van der Waals surface area contributed by atoms with Gasteiger partial charge in [0.1, 0.15) is 0 Å². The van der Waals surface area contributed by atoms with Crippen LogP contribution in [0.5, 0.6) is 0 Å². The summed E-state index contributed by atoms with van der Waals surface area (Å²) in [6, 6.07) is 7.43. The number of carbonyl (C=O) groups is 2. The molecule has 0 saturated carbocycles. The highest BCUT2D eigenvalue weighted by Crippen LogP contribution is 2.13. The number of nitrogens with one attached hydrogen (secondary N) is 4. The van der Waals surface area contributed by atoms with Gasteiger partial charge in [-0.1, -0.05) is 13.8 Å². The Morgan fingerprint density at radius 1 is 0.821 bits per heavy atom.